The number of hydrogen-bond acceptors (Lipinski definition) is 5. The number of amides is 1. The van der Waals surface area contributed by atoms with Crippen LogP contribution in [-0.4, -0.2) is 34.3 Å². The van der Waals surface area contributed by atoms with Gasteiger partial charge in [-0.1, -0.05) is 64.2 Å². The molecule has 0 atom stereocenters. The van der Waals surface area contributed by atoms with Crippen LogP contribution in [0.15, 0.2) is 41.6 Å². The lowest BCUT2D eigenvalue weighted by molar-refractivity contribution is 0.0514. The summed E-state index contributed by atoms with van der Waals surface area (Å²) in [5.41, 5.74) is 1.16. The third-order valence-corrected chi connectivity index (χ3v) is 6.48. The SMILES string of the molecule is CCOC(=O)c1c(NC(=O)c2ccc(Cl)c(Cl)c2)nc(SC)n1Cc1ccc(Cl)c(Cl)c1. The van der Waals surface area contributed by atoms with Crippen LogP contribution in [0.2, 0.25) is 20.1 Å². The standard InChI is InChI=1S/C21H17Cl4N3O3S/c1-3-31-20(30)17-18(26-19(29)12-5-7-14(23)16(25)9-12)27-21(32-2)28(17)10-11-4-6-13(22)15(24)8-11/h4-9H,3,10H2,1-2H3,(H,26,29). The van der Waals surface area contributed by atoms with Gasteiger partial charge in [-0.3, -0.25) is 4.79 Å². The number of nitrogens with one attached hydrogen (secondary N) is 1. The lowest BCUT2D eigenvalue weighted by Gasteiger charge is -2.12. The monoisotopic (exact) mass is 531 g/mol. The third-order valence-electron chi connectivity index (χ3n) is 4.32. The summed E-state index contributed by atoms with van der Waals surface area (Å²) < 4.78 is 6.88. The number of aromatic nitrogens is 2. The molecular weight excluding hydrogens is 516 g/mol. The Labute approximate surface area is 209 Å². The molecule has 3 aromatic rings. The highest BCUT2D eigenvalue weighted by atomic mass is 35.5. The summed E-state index contributed by atoms with van der Waals surface area (Å²) in [7, 11) is 0. The van der Waals surface area contributed by atoms with E-state index < -0.39 is 11.9 Å². The molecule has 3 rings (SSSR count). The fourth-order valence-corrected chi connectivity index (χ4v) is 4.04. The Morgan fingerprint density at radius 1 is 1.03 bits per heavy atom. The highest BCUT2D eigenvalue weighted by Crippen LogP contribution is 2.29. The second-order valence-electron chi connectivity index (χ2n) is 6.43. The summed E-state index contributed by atoms with van der Waals surface area (Å²) in [6.45, 7) is 2.11. The number of ether oxygens (including phenoxy) is 1. The van der Waals surface area contributed by atoms with E-state index in [2.05, 4.69) is 10.3 Å². The first-order chi connectivity index (χ1) is 15.2. The molecule has 6 nitrogen and oxygen atoms in total. The molecule has 1 N–H and O–H groups in total. The summed E-state index contributed by atoms with van der Waals surface area (Å²) in [5, 5.41) is 4.56. The number of rotatable bonds is 7. The Hall–Kier alpha value is -1.90. The number of carbonyl (C=O) groups excluding carboxylic acids is 2. The average Bonchev–Trinajstić information content (AvgIpc) is 3.09. The Morgan fingerprint density at radius 3 is 2.28 bits per heavy atom. The van der Waals surface area contributed by atoms with Crippen LogP contribution in [0.25, 0.3) is 0 Å². The molecule has 0 aliphatic heterocycles. The van der Waals surface area contributed by atoms with Crippen molar-refractivity contribution in [1.29, 1.82) is 0 Å². The van der Waals surface area contributed by atoms with Gasteiger partial charge in [-0.2, -0.15) is 0 Å². The number of halogens is 4. The minimum atomic E-state index is -0.621. The first-order valence-corrected chi connectivity index (χ1v) is 12.0. The van der Waals surface area contributed by atoms with Crippen molar-refractivity contribution < 1.29 is 14.3 Å². The molecular formula is C21H17Cl4N3O3S. The van der Waals surface area contributed by atoms with Crippen LogP contribution in [-0.2, 0) is 11.3 Å². The predicted octanol–water partition coefficient (Wildman–Crippen LogP) is 6.70. The zero-order valence-electron chi connectivity index (χ0n) is 16.9. The largest absolute Gasteiger partial charge is 0.461 e. The van der Waals surface area contributed by atoms with Gasteiger partial charge in [-0.25, -0.2) is 9.78 Å². The van der Waals surface area contributed by atoms with Gasteiger partial charge in [0.15, 0.2) is 16.7 Å². The number of thioether (sulfide) groups is 1. The fourth-order valence-electron chi connectivity index (χ4n) is 2.87. The maximum absolute atomic E-state index is 12.8. The van der Waals surface area contributed by atoms with E-state index in [1.165, 1.54) is 30.0 Å². The van der Waals surface area contributed by atoms with Crippen LogP contribution in [0.1, 0.15) is 33.3 Å². The van der Waals surface area contributed by atoms with Crippen molar-refractivity contribution >= 4 is 75.9 Å². The molecule has 2 aromatic carbocycles. The molecule has 0 saturated carbocycles. The molecule has 0 saturated heterocycles. The lowest BCUT2D eigenvalue weighted by atomic mass is 10.2. The number of esters is 1. The van der Waals surface area contributed by atoms with Crippen molar-refractivity contribution in [3.8, 4) is 0 Å². The zero-order chi connectivity index (χ0) is 23.4. The van der Waals surface area contributed by atoms with Crippen molar-refractivity contribution in [1.82, 2.24) is 9.55 Å². The molecule has 0 unspecified atom stereocenters. The number of anilines is 1. The molecule has 0 bridgehead atoms. The summed E-state index contributed by atoms with van der Waals surface area (Å²) in [6.07, 6.45) is 1.81. The maximum atomic E-state index is 12.8. The maximum Gasteiger partial charge on any atom is 0.358 e. The smallest absolute Gasteiger partial charge is 0.358 e. The average molecular weight is 533 g/mol. The van der Waals surface area contributed by atoms with Crippen LogP contribution < -0.4 is 5.32 Å². The predicted molar refractivity (Wildman–Crippen MR) is 130 cm³/mol. The topological polar surface area (TPSA) is 73.2 Å². The van der Waals surface area contributed by atoms with E-state index in [0.29, 0.717) is 20.2 Å². The molecule has 0 aliphatic carbocycles. The first kappa shape index (κ1) is 24.7. The third kappa shape index (κ3) is 5.53. The second-order valence-corrected chi connectivity index (χ2v) is 8.84. The van der Waals surface area contributed by atoms with E-state index in [-0.39, 0.29) is 35.2 Å². The minimum absolute atomic E-state index is 0.0731. The highest BCUT2D eigenvalue weighted by Gasteiger charge is 2.26. The molecule has 1 heterocycles. The van der Waals surface area contributed by atoms with Gasteiger partial charge in [0.1, 0.15) is 0 Å². The van der Waals surface area contributed by atoms with Crippen molar-refractivity contribution in [3.63, 3.8) is 0 Å². The molecule has 0 aliphatic rings. The van der Waals surface area contributed by atoms with E-state index >= 15 is 0 Å². The minimum Gasteiger partial charge on any atom is -0.461 e. The molecule has 1 aromatic heterocycles. The van der Waals surface area contributed by atoms with Crippen LogP contribution in [0.5, 0.6) is 0 Å². The van der Waals surface area contributed by atoms with E-state index in [0.717, 1.165) is 5.56 Å². The Morgan fingerprint density at radius 2 is 1.69 bits per heavy atom. The van der Waals surface area contributed by atoms with Gasteiger partial charge in [-0.05, 0) is 49.1 Å². The molecule has 168 valence electrons. The molecule has 0 spiro atoms. The Balaban J connectivity index is 2.03. The normalized spacial score (nSPS) is 10.8. The molecule has 0 fully saturated rings. The second kappa shape index (κ2) is 10.8. The molecule has 0 radical (unpaired) electrons. The fraction of sp³-hybridized carbons (Fsp3) is 0.190. The lowest BCUT2D eigenvalue weighted by Crippen LogP contribution is -2.18. The van der Waals surface area contributed by atoms with E-state index in [4.69, 9.17) is 51.1 Å². The van der Waals surface area contributed by atoms with Crippen LogP contribution in [0.3, 0.4) is 0 Å². The van der Waals surface area contributed by atoms with Gasteiger partial charge >= 0.3 is 5.97 Å². The summed E-state index contributed by atoms with van der Waals surface area (Å²) >= 11 is 25.4. The van der Waals surface area contributed by atoms with E-state index in [1.807, 2.05) is 6.26 Å². The van der Waals surface area contributed by atoms with E-state index in [9.17, 15) is 9.59 Å². The van der Waals surface area contributed by atoms with Crippen molar-refractivity contribution in [2.75, 3.05) is 18.2 Å². The molecule has 1 amide bonds. The number of imidazole rings is 1. The zero-order valence-corrected chi connectivity index (χ0v) is 20.8. The van der Waals surface area contributed by atoms with E-state index in [1.54, 1.807) is 29.7 Å². The van der Waals surface area contributed by atoms with Gasteiger partial charge in [0.2, 0.25) is 0 Å². The number of carbonyl (C=O) groups is 2. The summed E-state index contributed by atoms with van der Waals surface area (Å²) in [6, 6.07) is 9.65. The van der Waals surface area contributed by atoms with Crippen LogP contribution in [0, 0.1) is 0 Å². The van der Waals surface area contributed by atoms with Crippen molar-refractivity contribution in [3.05, 3.63) is 73.3 Å². The van der Waals surface area contributed by atoms with Gasteiger partial charge in [0.25, 0.3) is 5.91 Å². The summed E-state index contributed by atoms with van der Waals surface area (Å²) in [4.78, 5) is 30.1. The first-order valence-electron chi connectivity index (χ1n) is 9.27. The quantitative estimate of drug-likeness (QED) is 0.271. The van der Waals surface area contributed by atoms with Crippen molar-refractivity contribution in [2.24, 2.45) is 0 Å². The van der Waals surface area contributed by atoms with Gasteiger partial charge in [0, 0.05) is 5.56 Å². The Bertz CT molecular complexity index is 1180. The number of hydrogen-bond donors (Lipinski definition) is 1. The Kier molecular flexibility index (Phi) is 8.36. The van der Waals surface area contributed by atoms with Gasteiger partial charge in [0.05, 0.1) is 33.2 Å². The highest BCUT2D eigenvalue weighted by molar-refractivity contribution is 7.98. The molecule has 11 heteroatoms. The van der Waals surface area contributed by atoms with Crippen molar-refractivity contribution in [2.45, 2.75) is 18.6 Å². The molecule has 32 heavy (non-hydrogen) atoms. The number of benzene rings is 2. The summed E-state index contributed by atoms with van der Waals surface area (Å²) in [5.74, 6) is -1.05. The van der Waals surface area contributed by atoms with Gasteiger partial charge in [-0.15, -0.1) is 0 Å². The van der Waals surface area contributed by atoms with Gasteiger partial charge < -0.3 is 14.6 Å². The van der Waals surface area contributed by atoms with Crippen LogP contribution >= 0.6 is 58.2 Å². The van der Waals surface area contributed by atoms with Crippen LogP contribution in [0.4, 0.5) is 5.82 Å². The number of nitrogens with zero attached hydrogens (tertiary/aromatic N) is 2.